The lowest BCUT2D eigenvalue weighted by Crippen LogP contribution is -2.45. The van der Waals surface area contributed by atoms with Gasteiger partial charge in [0, 0.05) is 23.7 Å². The molecule has 6 nitrogen and oxygen atoms in total. The largest absolute Gasteiger partial charge is 0.369 e. The lowest BCUT2D eigenvalue weighted by molar-refractivity contribution is -0.135. The van der Waals surface area contributed by atoms with Gasteiger partial charge in [0.05, 0.1) is 5.92 Å². The molecular weight excluding hydrogens is 338 g/mol. The van der Waals surface area contributed by atoms with Crippen molar-refractivity contribution in [3.05, 3.63) is 20.2 Å². The van der Waals surface area contributed by atoms with Crippen molar-refractivity contribution in [2.24, 2.45) is 17.6 Å². The number of aromatic nitrogens is 1. The van der Waals surface area contributed by atoms with Crippen LogP contribution < -0.4 is 10.6 Å². The van der Waals surface area contributed by atoms with Crippen molar-refractivity contribution in [2.75, 3.05) is 13.1 Å². The molecule has 138 valence electrons. The summed E-state index contributed by atoms with van der Waals surface area (Å²) in [5, 5.41) is 0. The summed E-state index contributed by atoms with van der Waals surface area (Å²) in [6, 6.07) is 0. The van der Waals surface area contributed by atoms with Crippen molar-refractivity contribution in [2.45, 2.75) is 58.4 Å². The number of fused-ring (bicyclic) bond motifs is 1. The summed E-state index contributed by atoms with van der Waals surface area (Å²) in [5.74, 6) is -0.0207. The van der Waals surface area contributed by atoms with Crippen LogP contribution in [0.15, 0.2) is 4.79 Å². The predicted octanol–water partition coefficient (Wildman–Crippen LogP) is 1.54. The third kappa shape index (κ3) is 3.97. The van der Waals surface area contributed by atoms with E-state index in [-0.39, 0.29) is 29.1 Å². The summed E-state index contributed by atoms with van der Waals surface area (Å²) in [6.07, 6.45) is 6.85. The van der Waals surface area contributed by atoms with Crippen molar-refractivity contribution >= 4 is 23.2 Å². The van der Waals surface area contributed by atoms with Gasteiger partial charge in [-0.05, 0) is 38.0 Å². The van der Waals surface area contributed by atoms with E-state index in [9.17, 15) is 14.4 Å². The van der Waals surface area contributed by atoms with Gasteiger partial charge in [0.2, 0.25) is 11.8 Å². The van der Waals surface area contributed by atoms with Crippen LogP contribution in [0.4, 0.5) is 0 Å². The molecule has 0 spiro atoms. The number of hydrogen-bond donors (Lipinski definition) is 1. The molecule has 0 bridgehead atoms. The van der Waals surface area contributed by atoms with E-state index >= 15 is 0 Å². The maximum absolute atomic E-state index is 12.7. The average molecular weight is 365 g/mol. The van der Waals surface area contributed by atoms with Gasteiger partial charge in [0.25, 0.3) is 0 Å². The first kappa shape index (κ1) is 18.2. The molecular formula is C18H27N3O3S. The summed E-state index contributed by atoms with van der Waals surface area (Å²) in [6.45, 7) is 3.31. The fourth-order valence-electron chi connectivity index (χ4n) is 4.10. The molecule has 7 heteroatoms. The van der Waals surface area contributed by atoms with Gasteiger partial charge < -0.3 is 10.6 Å². The van der Waals surface area contributed by atoms with Crippen molar-refractivity contribution < 1.29 is 9.59 Å². The Morgan fingerprint density at radius 2 is 2.12 bits per heavy atom. The van der Waals surface area contributed by atoms with Crippen LogP contribution >= 0.6 is 11.3 Å². The van der Waals surface area contributed by atoms with Gasteiger partial charge in [0.1, 0.15) is 6.54 Å². The van der Waals surface area contributed by atoms with Crippen LogP contribution in [0, 0.1) is 11.8 Å². The number of thiazole rings is 1. The fourth-order valence-corrected chi connectivity index (χ4v) is 5.25. The van der Waals surface area contributed by atoms with Crippen LogP contribution in [0.1, 0.15) is 49.6 Å². The van der Waals surface area contributed by atoms with Crippen molar-refractivity contribution in [3.8, 4) is 0 Å². The Bertz CT molecular complexity index is 709. The minimum Gasteiger partial charge on any atom is -0.369 e. The normalized spacial score (nSPS) is 23.3. The van der Waals surface area contributed by atoms with E-state index in [1.165, 1.54) is 24.2 Å². The molecule has 3 rings (SSSR count). The molecule has 1 aromatic rings. The predicted molar refractivity (Wildman–Crippen MR) is 97.5 cm³/mol. The Kier molecular flexibility index (Phi) is 5.61. The first-order valence-electron chi connectivity index (χ1n) is 9.28. The minimum absolute atomic E-state index is 0.0287. The Labute approximate surface area is 152 Å². The topological polar surface area (TPSA) is 85.4 Å². The molecule has 2 amide bonds. The zero-order valence-electron chi connectivity index (χ0n) is 14.8. The lowest BCUT2D eigenvalue weighted by Gasteiger charge is -2.31. The standard InChI is InChI=1S/C18H27N3O3S/c1-2-4-12-6-7-14-15(9-12)25-18(24)21(14)11-16(22)20-8-3-5-13(10-20)17(19)23/h12-13H,2-11H2,1H3,(H2,19,23)/t12-,13-/m0/s1. The maximum atomic E-state index is 12.7. The van der Waals surface area contributed by atoms with Crippen molar-refractivity contribution in [1.82, 2.24) is 9.47 Å². The van der Waals surface area contributed by atoms with Crippen LogP contribution in [-0.4, -0.2) is 34.4 Å². The SMILES string of the molecule is CCC[C@H]1CCc2c(sc(=O)n2CC(=O)N2CCC[C@H](C(N)=O)C2)C1. The number of hydrogen-bond acceptors (Lipinski definition) is 4. The van der Waals surface area contributed by atoms with E-state index in [0.717, 1.165) is 42.7 Å². The zero-order valence-corrected chi connectivity index (χ0v) is 15.6. The molecule has 0 unspecified atom stereocenters. The Hall–Kier alpha value is -1.63. The Balaban J connectivity index is 1.70. The molecule has 1 saturated heterocycles. The third-order valence-corrected chi connectivity index (χ3v) is 6.55. The Morgan fingerprint density at radius 3 is 2.84 bits per heavy atom. The highest BCUT2D eigenvalue weighted by atomic mass is 32.1. The zero-order chi connectivity index (χ0) is 18.0. The molecule has 1 aliphatic carbocycles. The summed E-state index contributed by atoms with van der Waals surface area (Å²) >= 11 is 1.30. The quantitative estimate of drug-likeness (QED) is 0.859. The molecule has 0 radical (unpaired) electrons. The van der Waals surface area contributed by atoms with Crippen LogP contribution in [0.25, 0.3) is 0 Å². The van der Waals surface area contributed by atoms with E-state index in [2.05, 4.69) is 6.92 Å². The number of carbonyl (C=O) groups is 2. The third-order valence-electron chi connectivity index (χ3n) is 5.51. The number of nitrogens with two attached hydrogens (primary N) is 1. The first-order valence-corrected chi connectivity index (χ1v) is 10.1. The molecule has 0 saturated carbocycles. The second kappa shape index (κ2) is 7.72. The number of likely N-dealkylation sites (tertiary alicyclic amines) is 1. The number of amides is 2. The second-order valence-corrected chi connectivity index (χ2v) is 8.35. The van der Waals surface area contributed by atoms with Gasteiger partial charge in [-0.25, -0.2) is 0 Å². The highest BCUT2D eigenvalue weighted by Gasteiger charge is 2.29. The number of primary amides is 1. The van der Waals surface area contributed by atoms with Crippen molar-refractivity contribution in [3.63, 3.8) is 0 Å². The molecule has 0 aromatic carbocycles. The van der Waals surface area contributed by atoms with Gasteiger partial charge in [0.15, 0.2) is 0 Å². The molecule has 25 heavy (non-hydrogen) atoms. The smallest absolute Gasteiger partial charge is 0.308 e. The fraction of sp³-hybridized carbons (Fsp3) is 0.722. The molecule has 2 N–H and O–H groups in total. The number of nitrogens with zero attached hydrogens (tertiary/aromatic N) is 2. The molecule has 2 heterocycles. The molecule has 1 aromatic heterocycles. The highest BCUT2D eigenvalue weighted by Crippen LogP contribution is 2.30. The summed E-state index contributed by atoms with van der Waals surface area (Å²) in [7, 11) is 0. The monoisotopic (exact) mass is 365 g/mol. The van der Waals surface area contributed by atoms with E-state index in [4.69, 9.17) is 5.73 Å². The minimum atomic E-state index is -0.343. The molecule has 2 aliphatic rings. The summed E-state index contributed by atoms with van der Waals surface area (Å²) < 4.78 is 1.67. The summed E-state index contributed by atoms with van der Waals surface area (Å²) in [4.78, 5) is 39.3. The first-order chi connectivity index (χ1) is 12.0. The number of carbonyl (C=O) groups excluding carboxylic acids is 2. The van der Waals surface area contributed by atoms with E-state index in [1.54, 1.807) is 9.47 Å². The molecule has 1 fully saturated rings. The van der Waals surface area contributed by atoms with E-state index < -0.39 is 0 Å². The highest BCUT2D eigenvalue weighted by molar-refractivity contribution is 7.09. The van der Waals surface area contributed by atoms with Gasteiger partial charge >= 0.3 is 4.87 Å². The van der Waals surface area contributed by atoms with E-state index in [1.807, 2.05) is 0 Å². The van der Waals surface area contributed by atoms with Crippen molar-refractivity contribution in [1.29, 1.82) is 0 Å². The number of rotatable bonds is 5. The Morgan fingerprint density at radius 1 is 1.32 bits per heavy atom. The van der Waals surface area contributed by atoms with Gasteiger partial charge in [-0.15, -0.1) is 0 Å². The van der Waals surface area contributed by atoms with Crippen LogP contribution in [0.2, 0.25) is 0 Å². The maximum Gasteiger partial charge on any atom is 0.308 e. The van der Waals surface area contributed by atoms with Gasteiger partial charge in [-0.3, -0.25) is 19.0 Å². The van der Waals surface area contributed by atoms with E-state index in [0.29, 0.717) is 19.0 Å². The van der Waals surface area contributed by atoms with Crippen LogP contribution in [0.3, 0.4) is 0 Å². The molecule has 2 atom stereocenters. The second-order valence-electron chi connectivity index (χ2n) is 7.30. The van der Waals surface area contributed by atoms with Crippen LogP contribution in [-0.2, 0) is 29.0 Å². The lowest BCUT2D eigenvalue weighted by atomic mass is 9.88. The average Bonchev–Trinajstić information content (AvgIpc) is 2.90. The van der Waals surface area contributed by atoms with Gasteiger partial charge in [-0.1, -0.05) is 31.1 Å². The summed E-state index contributed by atoms with van der Waals surface area (Å²) in [5.41, 5.74) is 6.44. The van der Waals surface area contributed by atoms with Crippen LogP contribution in [0.5, 0.6) is 0 Å². The molecule has 1 aliphatic heterocycles. The van der Waals surface area contributed by atoms with Gasteiger partial charge in [-0.2, -0.15) is 0 Å². The number of piperidine rings is 1.